The molecule has 1 aromatic carbocycles. The molecule has 0 aliphatic rings. The number of benzene rings is 1. The second kappa shape index (κ2) is 6.51. The lowest BCUT2D eigenvalue weighted by Crippen LogP contribution is -2.18. The summed E-state index contributed by atoms with van der Waals surface area (Å²) in [5.41, 5.74) is 5.51. The Kier molecular flexibility index (Phi) is 5.30. The highest BCUT2D eigenvalue weighted by molar-refractivity contribution is 14.1. The first-order valence-corrected chi connectivity index (χ1v) is 6.28. The number of ether oxygens (including phenoxy) is 1. The molecule has 0 spiro atoms. The maximum absolute atomic E-state index is 10.9. The number of nitro benzene ring substituents is 1. The predicted octanol–water partition coefficient (Wildman–Crippen LogP) is 2.04. The van der Waals surface area contributed by atoms with Crippen LogP contribution in [0.4, 0.5) is 5.69 Å². The van der Waals surface area contributed by atoms with E-state index in [9.17, 15) is 10.1 Å². The summed E-state index contributed by atoms with van der Waals surface area (Å²) in [6.07, 6.45) is 0. The molecular weight excluding hydrogens is 349 g/mol. The van der Waals surface area contributed by atoms with E-state index in [1.165, 1.54) is 6.07 Å². The van der Waals surface area contributed by atoms with Gasteiger partial charge in [-0.2, -0.15) is 5.26 Å². The molecule has 0 bridgehead atoms. The van der Waals surface area contributed by atoms with E-state index in [2.05, 4.69) is 0 Å². The monoisotopic (exact) mass is 361 g/mol. The van der Waals surface area contributed by atoms with E-state index in [1.807, 2.05) is 35.6 Å². The highest BCUT2D eigenvalue weighted by Gasteiger charge is 2.20. The average molecular weight is 361 g/mol. The van der Waals surface area contributed by atoms with Crippen molar-refractivity contribution < 1.29 is 9.66 Å². The maximum Gasteiger partial charge on any atom is 0.313 e. The van der Waals surface area contributed by atoms with Gasteiger partial charge in [0.05, 0.1) is 26.7 Å². The zero-order valence-electron chi connectivity index (χ0n) is 9.72. The number of nitro groups is 1. The van der Waals surface area contributed by atoms with Crippen molar-refractivity contribution in [2.45, 2.75) is 6.92 Å². The molecule has 7 heteroatoms. The summed E-state index contributed by atoms with van der Waals surface area (Å²) in [5.74, 6) is 0.302. The highest BCUT2D eigenvalue weighted by atomic mass is 127. The number of hydrogen-bond donors (Lipinski definition) is 1. The number of hydrogen-bond acceptors (Lipinski definition) is 5. The summed E-state index contributed by atoms with van der Waals surface area (Å²) < 4.78 is 5.99. The molecule has 1 atom stereocenters. The lowest BCUT2D eigenvalue weighted by atomic mass is 10.2. The summed E-state index contributed by atoms with van der Waals surface area (Å²) in [6.45, 7) is 2.64. The Morgan fingerprint density at radius 1 is 1.67 bits per heavy atom. The van der Waals surface area contributed by atoms with E-state index in [-0.39, 0.29) is 22.9 Å². The van der Waals surface area contributed by atoms with Crippen molar-refractivity contribution in [2.75, 3.05) is 13.2 Å². The molecule has 0 aromatic heterocycles. The molecular formula is C11H12IN3O3. The minimum atomic E-state index is -0.550. The first-order chi connectivity index (χ1) is 8.49. The Bertz CT molecular complexity index is 499. The van der Waals surface area contributed by atoms with E-state index in [4.69, 9.17) is 15.7 Å². The molecule has 0 saturated carbocycles. The summed E-state index contributed by atoms with van der Waals surface area (Å²) in [5, 5.41) is 19.7. The number of nitriles is 1. The van der Waals surface area contributed by atoms with Crippen LogP contribution in [0.1, 0.15) is 12.5 Å². The summed E-state index contributed by atoms with van der Waals surface area (Å²) in [4.78, 5) is 10.4. The largest absolute Gasteiger partial charge is 0.486 e. The third-order valence-electron chi connectivity index (χ3n) is 2.26. The van der Waals surface area contributed by atoms with Crippen LogP contribution >= 0.6 is 22.6 Å². The van der Waals surface area contributed by atoms with Crippen molar-refractivity contribution in [1.29, 1.82) is 5.26 Å². The van der Waals surface area contributed by atoms with Gasteiger partial charge in [0.1, 0.15) is 0 Å². The third-order valence-corrected chi connectivity index (χ3v) is 3.07. The van der Waals surface area contributed by atoms with Crippen LogP contribution in [-0.2, 0) is 0 Å². The molecule has 1 unspecified atom stereocenters. The van der Waals surface area contributed by atoms with Gasteiger partial charge in [-0.05, 0) is 35.2 Å². The summed E-state index contributed by atoms with van der Waals surface area (Å²) >= 11 is 1.92. The van der Waals surface area contributed by atoms with Gasteiger partial charge in [0, 0.05) is 12.0 Å². The molecule has 0 aliphatic carbocycles. The van der Waals surface area contributed by atoms with E-state index < -0.39 is 4.92 Å². The van der Waals surface area contributed by atoms with E-state index in [0.717, 1.165) is 0 Å². The normalized spacial score (nSPS) is 11.7. The van der Waals surface area contributed by atoms with Crippen molar-refractivity contribution >= 4 is 28.3 Å². The first-order valence-electron chi connectivity index (χ1n) is 5.20. The van der Waals surface area contributed by atoms with Gasteiger partial charge >= 0.3 is 5.69 Å². The van der Waals surface area contributed by atoms with Gasteiger partial charge in [-0.25, -0.2) is 0 Å². The van der Waals surface area contributed by atoms with Gasteiger partial charge in [-0.15, -0.1) is 0 Å². The third kappa shape index (κ3) is 3.54. The number of halogens is 1. The molecule has 96 valence electrons. The van der Waals surface area contributed by atoms with Crippen LogP contribution in [0.5, 0.6) is 5.75 Å². The quantitative estimate of drug-likeness (QED) is 0.491. The van der Waals surface area contributed by atoms with E-state index in [1.54, 1.807) is 6.07 Å². The van der Waals surface area contributed by atoms with Crippen LogP contribution in [0.15, 0.2) is 12.1 Å². The Hall–Kier alpha value is -1.40. The maximum atomic E-state index is 10.9. The molecule has 2 N–H and O–H groups in total. The molecule has 0 radical (unpaired) electrons. The summed E-state index contributed by atoms with van der Waals surface area (Å²) in [7, 11) is 0. The standard InChI is InChI=1S/C11H12IN3O3/c1-7(4-13)6-18-11-9(12)2-8(5-14)3-10(11)15(16)17/h2-3,7H,4,6,13H2,1H3. The van der Waals surface area contributed by atoms with E-state index in [0.29, 0.717) is 16.7 Å². The summed E-state index contributed by atoms with van der Waals surface area (Å²) in [6, 6.07) is 4.65. The van der Waals surface area contributed by atoms with E-state index >= 15 is 0 Å². The van der Waals surface area contributed by atoms with Crippen LogP contribution in [0.3, 0.4) is 0 Å². The fourth-order valence-electron chi connectivity index (χ4n) is 1.22. The lowest BCUT2D eigenvalue weighted by Gasteiger charge is -2.12. The van der Waals surface area contributed by atoms with Crippen LogP contribution in [0.25, 0.3) is 0 Å². The number of rotatable bonds is 5. The Labute approximate surface area is 118 Å². The zero-order valence-corrected chi connectivity index (χ0v) is 11.9. The minimum absolute atomic E-state index is 0.107. The Balaban J connectivity index is 3.09. The SMILES string of the molecule is CC(CN)COc1c(I)cc(C#N)cc1[N+](=O)[O-]. The second-order valence-electron chi connectivity index (χ2n) is 3.83. The van der Waals surface area contributed by atoms with Crippen LogP contribution < -0.4 is 10.5 Å². The molecule has 0 aliphatic heterocycles. The second-order valence-corrected chi connectivity index (χ2v) is 4.99. The zero-order chi connectivity index (χ0) is 13.7. The Morgan fingerprint density at radius 2 is 2.33 bits per heavy atom. The molecule has 1 aromatic rings. The van der Waals surface area contributed by atoms with Gasteiger partial charge < -0.3 is 10.5 Å². The minimum Gasteiger partial charge on any atom is -0.486 e. The van der Waals surface area contributed by atoms with Gasteiger partial charge in [0.2, 0.25) is 5.75 Å². The van der Waals surface area contributed by atoms with Gasteiger partial charge in [0.15, 0.2) is 0 Å². The highest BCUT2D eigenvalue weighted by Crippen LogP contribution is 2.33. The van der Waals surface area contributed by atoms with Crippen molar-refractivity contribution in [1.82, 2.24) is 0 Å². The molecule has 0 fully saturated rings. The first kappa shape index (κ1) is 14.7. The topological polar surface area (TPSA) is 102 Å². The van der Waals surface area contributed by atoms with Gasteiger partial charge in [-0.1, -0.05) is 6.92 Å². The molecule has 6 nitrogen and oxygen atoms in total. The molecule has 0 heterocycles. The average Bonchev–Trinajstić information content (AvgIpc) is 2.35. The molecule has 18 heavy (non-hydrogen) atoms. The van der Waals surface area contributed by atoms with Gasteiger partial charge in [-0.3, -0.25) is 10.1 Å². The Morgan fingerprint density at radius 3 is 2.83 bits per heavy atom. The fraction of sp³-hybridized carbons (Fsp3) is 0.364. The van der Waals surface area contributed by atoms with Gasteiger partial charge in [0.25, 0.3) is 0 Å². The predicted molar refractivity (Wildman–Crippen MR) is 74.2 cm³/mol. The van der Waals surface area contributed by atoms with Crippen LogP contribution in [-0.4, -0.2) is 18.1 Å². The number of nitrogens with zero attached hydrogens (tertiary/aromatic N) is 2. The lowest BCUT2D eigenvalue weighted by molar-refractivity contribution is -0.386. The number of nitrogens with two attached hydrogens (primary N) is 1. The van der Waals surface area contributed by atoms with Crippen molar-refractivity contribution in [2.24, 2.45) is 11.7 Å². The molecule has 1 rings (SSSR count). The van der Waals surface area contributed by atoms with Crippen LogP contribution in [0.2, 0.25) is 0 Å². The molecule has 0 amide bonds. The molecule has 0 saturated heterocycles. The smallest absolute Gasteiger partial charge is 0.313 e. The van der Waals surface area contributed by atoms with Crippen molar-refractivity contribution in [3.8, 4) is 11.8 Å². The van der Waals surface area contributed by atoms with Crippen molar-refractivity contribution in [3.63, 3.8) is 0 Å². The van der Waals surface area contributed by atoms with Crippen LogP contribution in [0, 0.1) is 30.9 Å². The fourth-order valence-corrected chi connectivity index (χ4v) is 1.98. The van der Waals surface area contributed by atoms with Crippen molar-refractivity contribution in [3.05, 3.63) is 31.4 Å².